The molecule has 7 nitrogen and oxygen atoms in total. The smallest absolute Gasteiger partial charge is 0.311 e. The van der Waals surface area contributed by atoms with Crippen molar-refractivity contribution in [1.82, 2.24) is 9.97 Å². The normalized spacial score (nSPS) is 10.2. The lowest BCUT2D eigenvalue weighted by molar-refractivity contribution is -0.142. The number of esters is 1. The quantitative estimate of drug-likeness (QED) is 0.781. The molecule has 0 spiro atoms. The molecule has 0 aromatic carbocycles. The van der Waals surface area contributed by atoms with Crippen molar-refractivity contribution >= 4 is 28.3 Å². The number of ether oxygens (including phenoxy) is 2. The summed E-state index contributed by atoms with van der Waals surface area (Å²) in [5.41, 5.74) is 0.886. The van der Waals surface area contributed by atoms with Crippen molar-refractivity contribution in [3.8, 4) is 5.88 Å². The van der Waals surface area contributed by atoms with Gasteiger partial charge in [-0.3, -0.25) is 14.9 Å². The Morgan fingerprint density at radius 3 is 2.87 bits per heavy atom. The van der Waals surface area contributed by atoms with Crippen molar-refractivity contribution in [2.24, 2.45) is 0 Å². The van der Waals surface area contributed by atoms with Gasteiger partial charge in [0.2, 0.25) is 5.88 Å². The van der Waals surface area contributed by atoms with E-state index in [4.69, 9.17) is 9.47 Å². The molecule has 0 radical (unpaired) electrons. The summed E-state index contributed by atoms with van der Waals surface area (Å²) in [7, 11) is 0. The van der Waals surface area contributed by atoms with E-state index < -0.39 is 0 Å². The molecular weight excluding hydrogens is 318 g/mol. The monoisotopic (exact) mass is 335 g/mol. The van der Waals surface area contributed by atoms with Gasteiger partial charge in [0.25, 0.3) is 5.91 Å². The van der Waals surface area contributed by atoms with Gasteiger partial charge in [-0.25, -0.2) is 9.97 Å². The van der Waals surface area contributed by atoms with Crippen LogP contribution in [0.15, 0.2) is 23.7 Å². The van der Waals surface area contributed by atoms with Crippen LogP contribution in [0.3, 0.4) is 0 Å². The van der Waals surface area contributed by atoms with Crippen LogP contribution in [0.25, 0.3) is 0 Å². The Labute approximate surface area is 137 Å². The molecule has 23 heavy (non-hydrogen) atoms. The van der Waals surface area contributed by atoms with Crippen LogP contribution in [-0.2, 0) is 16.0 Å². The van der Waals surface area contributed by atoms with E-state index in [2.05, 4.69) is 15.3 Å². The van der Waals surface area contributed by atoms with Gasteiger partial charge < -0.3 is 9.47 Å². The summed E-state index contributed by atoms with van der Waals surface area (Å²) in [5.74, 6) is -0.434. The van der Waals surface area contributed by atoms with Crippen molar-refractivity contribution in [2.75, 3.05) is 18.5 Å². The topological polar surface area (TPSA) is 90.4 Å². The van der Waals surface area contributed by atoms with Gasteiger partial charge >= 0.3 is 5.97 Å². The molecular formula is C15H17N3O4S. The van der Waals surface area contributed by atoms with E-state index in [0.29, 0.717) is 29.6 Å². The van der Waals surface area contributed by atoms with Crippen molar-refractivity contribution in [1.29, 1.82) is 0 Å². The SMILES string of the molecule is CCOC(=O)Cc1csc(NC(=O)c2cccnc2OCC)n1. The Morgan fingerprint density at radius 2 is 2.13 bits per heavy atom. The molecule has 1 N–H and O–H groups in total. The van der Waals surface area contributed by atoms with E-state index >= 15 is 0 Å². The molecule has 0 fully saturated rings. The Kier molecular flexibility index (Phi) is 6.04. The maximum atomic E-state index is 12.3. The van der Waals surface area contributed by atoms with Crippen LogP contribution in [0, 0.1) is 0 Å². The minimum atomic E-state index is -0.362. The number of nitrogens with zero attached hydrogens (tertiary/aromatic N) is 2. The van der Waals surface area contributed by atoms with Crippen LogP contribution in [0.5, 0.6) is 5.88 Å². The van der Waals surface area contributed by atoms with E-state index in [1.165, 1.54) is 11.3 Å². The molecule has 122 valence electrons. The zero-order chi connectivity index (χ0) is 16.7. The van der Waals surface area contributed by atoms with E-state index in [0.717, 1.165) is 0 Å². The third-order valence-electron chi connectivity index (χ3n) is 2.70. The van der Waals surface area contributed by atoms with Crippen molar-refractivity contribution in [3.63, 3.8) is 0 Å². The summed E-state index contributed by atoms with van der Waals surface area (Å²) >= 11 is 1.24. The number of pyridine rings is 1. The lowest BCUT2D eigenvalue weighted by Gasteiger charge is -2.07. The maximum absolute atomic E-state index is 12.3. The summed E-state index contributed by atoms with van der Waals surface area (Å²) < 4.78 is 10.2. The predicted molar refractivity (Wildman–Crippen MR) is 85.8 cm³/mol. The zero-order valence-corrected chi connectivity index (χ0v) is 13.7. The van der Waals surface area contributed by atoms with E-state index in [9.17, 15) is 9.59 Å². The molecule has 0 aliphatic carbocycles. The standard InChI is InChI=1S/C15H17N3O4S/c1-3-21-12(19)8-10-9-23-15(17-10)18-13(20)11-6-5-7-16-14(11)22-4-2/h5-7,9H,3-4,8H2,1-2H3,(H,17,18,20). The molecule has 2 aromatic heterocycles. The predicted octanol–water partition coefficient (Wildman–Crippen LogP) is 2.29. The molecule has 0 saturated carbocycles. The number of thiazole rings is 1. The molecule has 8 heteroatoms. The average molecular weight is 335 g/mol. The van der Waals surface area contributed by atoms with Crippen molar-refractivity contribution in [3.05, 3.63) is 35.0 Å². The van der Waals surface area contributed by atoms with E-state index in [-0.39, 0.29) is 24.2 Å². The van der Waals surface area contributed by atoms with Gasteiger partial charge in [-0.05, 0) is 26.0 Å². The average Bonchev–Trinajstić information content (AvgIpc) is 2.95. The van der Waals surface area contributed by atoms with Gasteiger partial charge in [-0.2, -0.15) is 0 Å². The highest BCUT2D eigenvalue weighted by Crippen LogP contribution is 2.20. The van der Waals surface area contributed by atoms with Crippen LogP contribution < -0.4 is 10.1 Å². The van der Waals surface area contributed by atoms with Crippen LogP contribution in [0.2, 0.25) is 0 Å². The first-order chi connectivity index (χ1) is 11.1. The molecule has 2 rings (SSSR count). The van der Waals surface area contributed by atoms with Crippen LogP contribution in [0.4, 0.5) is 5.13 Å². The van der Waals surface area contributed by atoms with Gasteiger partial charge in [0, 0.05) is 11.6 Å². The minimum Gasteiger partial charge on any atom is -0.477 e. The first-order valence-corrected chi connectivity index (χ1v) is 8.01. The number of hydrogen-bond donors (Lipinski definition) is 1. The number of rotatable bonds is 7. The summed E-state index contributed by atoms with van der Waals surface area (Å²) in [6.07, 6.45) is 1.64. The highest BCUT2D eigenvalue weighted by molar-refractivity contribution is 7.14. The Morgan fingerprint density at radius 1 is 1.30 bits per heavy atom. The lowest BCUT2D eigenvalue weighted by atomic mass is 10.2. The van der Waals surface area contributed by atoms with Gasteiger partial charge in [0.1, 0.15) is 5.56 Å². The fraction of sp³-hybridized carbons (Fsp3) is 0.333. The lowest BCUT2D eigenvalue weighted by Crippen LogP contribution is -2.14. The second-order valence-corrected chi connectivity index (χ2v) is 5.23. The fourth-order valence-corrected chi connectivity index (χ4v) is 2.49. The van der Waals surface area contributed by atoms with Crippen LogP contribution in [-0.4, -0.2) is 35.1 Å². The highest BCUT2D eigenvalue weighted by Gasteiger charge is 2.15. The second kappa shape index (κ2) is 8.23. The zero-order valence-electron chi connectivity index (χ0n) is 12.9. The Bertz CT molecular complexity index is 687. The first-order valence-electron chi connectivity index (χ1n) is 7.13. The molecule has 0 atom stereocenters. The molecule has 1 amide bonds. The number of carbonyl (C=O) groups excluding carboxylic acids is 2. The largest absolute Gasteiger partial charge is 0.477 e. The molecule has 2 heterocycles. The number of amides is 1. The highest BCUT2D eigenvalue weighted by atomic mass is 32.1. The maximum Gasteiger partial charge on any atom is 0.311 e. The molecule has 2 aromatic rings. The molecule has 0 bridgehead atoms. The Balaban J connectivity index is 2.04. The third-order valence-corrected chi connectivity index (χ3v) is 3.51. The number of hydrogen-bond acceptors (Lipinski definition) is 7. The first kappa shape index (κ1) is 16.9. The summed E-state index contributed by atoms with van der Waals surface area (Å²) in [6, 6.07) is 3.28. The van der Waals surface area contributed by atoms with E-state index in [1.807, 2.05) is 6.92 Å². The fourth-order valence-electron chi connectivity index (χ4n) is 1.79. The summed E-state index contributed by atoms with van der Waals surface area (Å²) in [5, 5.41) is 4.79. The van der Waals surface area contributed by atoms with Crippen LogP contribution in [0.1, 0.15) is 29.9 Å². The van der Waals surface area contributed by atoms with Gasteiger partial charge in [0.15, 0.2) is 5.13 Å². The number of aromatic nitrogens is 2. The van der Waals surface area contributed by atoms with E-state index in [1.54, 1.807) is 30.6 Å². The van der Waals surface area contributed by atoms with Gasteiger partial charge in [-0.15, -0.1) is 11.3 Å². The number of nitrogens with one attached hydrogen (secondary N) is 1. The van der Waals surface area contributed by atoms with Gasteiger partial charge in [-0.1, -0.05) is 0 Å². The third kappa shape index (κ3) is 4.75. The molecule has 0 aliphatic heterocycles. The molecule has 0 aliphatic rings. The van der Waals surface area contributed by atoms with Crippen LogP contribution >= 0.6 is 11.3 Å². The Hall–Kier alpha value is -2.48. The van der Waals surface area contributed by atoms with Crippen molar-refractivity contribution < 1.29 is 19.1 Å². The second-order valence-electron chi connectivity index (χ2n) is 4.37. The minimum absolute atomic E-state index is 0.0807. The number of anilines is 1. The van der Waals surface area contributed by atoms with Crippen molar-refractivity contribution in [2.45, 2.75) is 20.3 Å². The van der Waals surface area contributed by atoms with Gasteiger partial charge in [0.05, 0.1) is 25.3 Å². The molecule has 0 saturated heterocycles. The summed E-state index contributed by atoms with van der Waals surface area (Å²) in [6.45, 7) is 4.30. The molecule has 0 unspecified atom stereocenters. The number of carbonyl (C=O) groups is 2. The summed E-state index contributed by atoms with van der Waals surface area (Å²) in [4.78, 5) is 31.9.